The maximum atomic E-state index is 13.0. The lowest BCUT2D eigenvalue weighted by atomic mass is 9.76. The fourth-order valence-electron chi connectivity index (χ4n) is 4.97. The van der Waals surface area contributed by atoms with Crippen LogP contribution in [0.4, 0.5) is 8.78 Å². The van der Waals surface area contributed by atoms with Gasteiger partial charge in [0.2, 0.25) is 5.91 Å². The summed E-state index contributed by atoms with van der Waals surface area (Å²) in [4.78, 5) is 19.2. The molecule has 1 aliphatic heterocycles. The van der Waals surface area contributed by atoms with Crippen LogP contribution in [0.15, 0.2) is 24.5 Å². The summed E-state index contributed by atoms with van der Waals surface area (Å²) in [5, 5.41) is 2.88. The number of alkyl halides is 2. The lowest BCUT2D eigenvalue weighted by molar-refractivity contribution is -0.135. The second-order valence-corrected chi connectivity index (χ2v) is 8.09. The Balaban J connectivity index is 1.37. The van der Waals surface area contributed by atoms with Crippen LogP contribution in [-0.4, -0.2) is 40.8 Å². The van der Waals surface area contributed by atoms with Crippen LogP contribution in [0, 0.1) is 11.3 Å². The summed E-state index contributed by atoms with van der Waals surface area (Å²) >= 11 is 0. The van der Waals surface area contributed by atoms with Gasteiger partial charge >= 0.3 is 0 Å². The Morgan fingerprint density at radius 3 is 2.76 bits per heavy atom. The fraction of sp³-hybridized carbons (Fsp3) is 0.684. The van der Waals surface area contributed by atoms with Crippen molar-refractivity contribution >= 4 is 5.91 Å². The van der Waals surface area contributed by atoms with E-state index >= 15 is 0 Å². The lowest BCUT2D eigenvalue weighted by Gasteiger charge is -2.38. The Hall–Kier alpha value is -1.56. The first-order valence-electron chi connectivity index (χ1n) is 9.25. The molecule has 2 heterocycles. The molecule has 1 saturated heterocycles. The Kier molecular flexibility index (Phi) is 4.26. The van der Waals surface area contributed by atoms with Gasteiger partial charge in [0.1, 0.15) is 0 Å². The Morgan fingerprint density at radius 2 is 2.04 bits per heavy atom. The van der Waals surface area contributed by atoms with Gasteiger partial charge in [0, 0.05) is 50.3 Å². The van der Waals surface area contributed by atoms with E-state index < -0.39 is 5.92 Å². The quantitative estimate of drug-likeness (QED) is 0.909. The molecule has 1 N–H and O–H groups in total. The highest BCUT2D eigenvalue weighted by molar-refractivity contribution is 5.80. The van der Waals surface area contributed by atoms with Crippen molar-refractivity contribution in [2.45, 2.75) is 57.0 Å². The number of pyridine rings is 1. The summed E-state index contributed by atoms with van der Waals surface area (Å²) in [6, 6.07) is 3.72. The normalized spacial score (nSPS) is 32.0. The van der Waals surface area contributed by atoms with Crippen LogP contribution in [0.5, 0.6) is 0 Å². The van der Waals surface area contributed by atoms with Crippen LogP contribution in [-0.2, 0) is 11.3 Å². The van der Waals surface area contributed by atoms with Gasteiger partial charge in [-0.25, -0.2) is 8.78 Å². The standard InChI is InChI=1S/C19H25F2N3O/c20-19(21)10-15(11-19)23-17(25)16-2-1-5-18(16)6-9-24(13-18)12-14-3-7-22-8-4-14/h3-4,7-8,15-16H,1-2,5-6,9-13H2,(H,23,25)/t16-,18-/m1/s1. The molecular weight excluding hydrogens is 324 g/mol. The third-order valence-corrected chi connectivity index (χ3v) is 6.28. The van der Waals surface area contributed by atoms with Gasteiger partial charge in [-0.2, -0.15) is 0 Å². The van der Waals surface area contributed by atoms with Crippen molar-refractivity contribution in [2.24, 2.45) is 11.3 Å². The minimum Gasteiger partial charge on any atom is -0.353 e. The molecule has 1 aromatic rings. The number of carbonyl (C=O) groups is 1. The number of halogens is 2. The van der Waals surface area contributed by atoms with Gasteiger partial charge in [-0.1, -0.05) is 6.42 Å². The van der Waals surface area contributed by atoms with E-state index in [1.807, 2.05) is 12.1 Å². The van der Waals surface area contributed by atoms with Gasteiger partial charge in [-0.3, -0.25) is 14.7 Å². The third-order valence-electron chi connectivity index (χ3n) is 6.28. The zero-order chi connectivity index (χ0) is 17.5. The molecule has 3 aliphatic rings. The zero-order valence-corrected chi connectivity index (χ0v) is 14.4. The summed E-state index contributed by atoms with van der Waals surface area (Å²) < 4.78 is 26.0. The molecule has 25 heavy (non-hydrogen) atoms. The highest BCUT2D eigenvalue weighted by Gasteiger charge is 2.52. The maximum Gasteiger partial charge on any atom is 0.252 e. The van der Waals surface area contributed by atoms with E-state index in [2.05, 4.69) is 15.2 Å². The van der Waals surface area contributed by atoms with Crippen LogP contribution < -0.4 is 5.32 Å². The molecule has 0 aromatic carbocycles. The van der Waals surface area contributed by atoms with Crippen LogP contribution in [0.1, 0.15) is 44.1 Å². The van der Waals surface area contributed by atoms with Crippen molar-refractivity contribution in [3.8, 4) is 0 Å². The predicted molar refractivity (Wildman–Crippen MR) is 90.0 cm³/mol. The van der Waals surface area contributed by atoms with Crippen LogP contribution >= 0.6 is 0 Å². The van der Waals surface area contributed by atoms with E-state index in [0.29, 0.717) is 0 Å². The monoisotopic (exact) mass is 349 g/mol. The number of rotatable bonds is 4. The average molecular weight is 349 g/mol. The summed E-state index contributed by atoms with van der Waals surface area (Å²) in [6.45, 7) is 2.80. The van der Waals surface area contributed by atoms with Gasteiger partial charge in [0.25, 0.3) is 5.92 Å². The molecule has 1 spiro atoms. The number of carbonyl (C=O) groups excluding carboxylic acids is 1. The number of nitrogens with one attached hydrogen (secondary N) is 1. The molecule has 2 saturated carbocycles. The minimum absolute atomic E-state index is 0.00348. The topological polar surface area (TPSA) is 45.2 Å². The number of amides is 1. The van der Waals surface area contributed by atoms with Crippen LogP contribution in [0.3, 0.4) is 0 Å². The van der Waals surface area contributed by atoms with E-state index in [9.17, 15) is 13.6 Å². The first kappa shape index (κ1) is 16.9. The summed E-state index contributed by atoms with van der Waals surface area (Å²) in [7, 11) is 0. The van der Waals surface area contributed by atoms with Crippen molar-refractivity contribution < 1.29 is 13.6 Å². The summed E-state index contributed by atoms with van der Waals surface area (Å²) in [5.41, 5.74) is 1.27. The van der Waals surface area contributed by atoms with Crippen molar-refractivity contribution in [2.75, 3.05) is 13.1 Å². The molecular formula is C19H25F2N3O. The van der Waals surface area contributed by atoms with Gasteiger partial charge in [-0.15, -0.1) is 0 Å². The molecule has 0 bridgehead atoms. The Labute approximate surface area is 147 Å². The molecule has 1 amide bonds. The summed E-state index contributed by atoms with van der Waals surface area (Å²) in [5.74, 6) is -2.60. The highest BCUT2D eigenvalue weighted by Crippen LogP contribution is 2.50. The van der Waals surface area contributed by atoms with Crippen LogP contribution in [0.2, 0.25) is 0 Å². The van der Waals surface area contributed by atoms with E-state index in [4.69, 9.17) is 0 Å². The molecule has 3 fully saturated rings. The molecule has 0 unspecified atom stereocenters. The SMILES string of the molecule is O=C(NC1CC(F)(F)C1)[C@H]1CCC[C@]12CCN(Cc1ccncc1)C2. The Bertz CT molecular complexity index is 631. The number of nitrogens with zero attached hydrogens (tertiary/aromatic N) is 2. The number of aromatic nitrogens is 1. The minimum atomic E-state index is -2.58. The molecule has 4 rings (SSSR count). The first-order valence-corrected chi connectivity index (χ1v) is 9.25. The van der Waals surface area contributed by atoms with Crippen molar-refractivity contribution in [3.63, 3.8) is 0 Å². The van der Waals surface area contributed by atoms with Crippen molar-refractivity contribution in [3.05, 3.63) is 30.1 Å². The number of hydrogen-bond donors (Lipinski definition) is 1. The predicted octanol–water partition coefficient (Wildman–Crippen LogP) is 2.99. The van der Waals surface area contributed by atoms with E-state index in [1.54, 1.807) is 12.4 Å². The van der Waals surface area contributed by atoms with Gasteiger partial charge in [0.15, 0.2) is 0 Å². The smallest absolute Gasteiger partial charge is 0.252 e. The second-order valence-electron chi connectivity index (χ2n) is 8.09. The maximum absolute atomic E-state index is 13.0. The highest BCUT2D eigenvalue weighted by atomic mass is 19.3. The largest absolute Gasteiger partial charge is 0.353 e. The fourth-order valence-corrected chi connectivity index (χ4v) is 4.97. The summed E-state index contributed by atoms with van der Waals surface area (Å²) in [6.07, 6.45) is 7.25. The van der Waals surface area contributed by atoms with E-state index in [0.717, 1.165) is 45.3 Å². The van der Waals surface area contributed by atoms with E-state index in [-0.39, 0.29) is 36.1 Å². The van der Waals surface area contributed by atoms with Crippen molar-refractivity contribution in [1.82, 2.24) is 15.2 Å². The first-order chi connectivity index (χ1) is 12.0. The molecule has 136 valence electrons. The number of hydrogen-bond acceptors (Lipinski definition) is 3. The third kappa shape index (κ3) is 3.41. The Morgan fingerprint density at radius 1 is 1.28 bits per heavy atom. The van der Waals surface area contributed by atoms with Gasteiger partial charge in [-0.05, 0) is 48.9 Å². The number of likely N-dealkylation sites (tertiary alicyclic amines) is 1. The van der Waals surface area contributed by atoms with Gasteiger partial charge < -0.3 is 5.32 Å². The molecule has 1 aromatic heterocycles. The second kappa shape index (κ2) is 6.31. The molecule has 0 radical (unpaired) electrons. The molecule has 6 heteroatoms. The molecule has 4 nitrogen and oxygen atoms in total. The van der Waals surface area contributed by atoms with Gasteiger partial charge in [0.05, 0.1) is 0 Å². The van der Waals surface area contributed by atoms with Crippen molar-refractivity contribution in [1.29, 1.82) is 0 Å². The molecule has 2 aliphatic carbocycles. The van der Waals surface area contributed by atoms with E-state index in [1.165, 1.54) is 5.56 Å². The lowest BCUT2D eigenvalue weighted by Crippen LogP contribution is -2.53. The zero-order valence-electron chi connectivity index (χ0n) is 14.4. The molecule has 2 atom stereocenters. The average Bonchev–Trinajstić information content (AvgIpc) is 3.14. The van der Waals surface area contributed by atoms with Crippen LogP contribution in [0.25, 0.3) is 0 Å².